The molecule has 0 aliphatic heterocycles. The van der Waals surface area contributed by atoms with Crippen LogP contribution in [0.15, 0.2) is 0 Å². The number of unbranched alkanes of at least 4 members (excludes halogenated alkanes) is 1. The molecule has 0 aromatic carbocycles. The van der Waals surface area contributed by atoms with Crippen LogP contribution < -0.4 is 0 Å². The summed E-state index contributed by atoms with van der Waals surface area (Å²) in [5.41, 5.74) is 0.178. The summed E-state index contributed by atoms with van der Waals surface area (Å²) < 4.78 is 10.7. The van der Waals surface area contributed by atoms with E-state index in [4.69, 9.17) is 9.47 Å². The Bertz CT molecular complexity index is 151. The Morgan fingerprint density at radius 1 is 1.06 bits per heavy atom. The Labute approximate surface area is 102 Å². The molecule has 0 aromatic rings. The SMILES string of the molecule is CCCCC(CC)CC(C)(COC)COC. The Hall–Kier alpha value is -0.0800. The average molecular weight is 230 g/mol. The third-order valence-electron chi connectivity index (χ3n) is 3.31. The van der Waals surface area contributed by atoms with Gasteiger partial charge in [0.25, 0.3) is 0 Å². The van der Waals surface area contributed by atoms with Crippen LogP contribution in [0, 0.1) is 11.3 Å². The van der Waals surface area contributed by atoms with Crippen molar-refractivity contribution in [1.29, 1.82) is 0 Å². The maximum atomic E-state index is 5.33. The molecule has 0 aliphatic rings. The number of hydrogen-bond acceptors (Lipinski definition) is 2. The van der Waals surface area contributed by atoms with Crippen LogP contribution in [-0.4, -0.2) is 27.4 Å². The molecule has 2 heteroatoms. The van der Waals surface area contributed by atoms with E-state index in [-0.39, 0.29) is 5.41 Å². The normalized spacial score (nSPS) is 14.1. The molecule has 16 heavy (non-hydrogen) atoms. The second-order valence-electron chi connectivity index (χ2n) is 5.30. The molecule has 0 fully saturated rings. The first kappa shape index (κ1) is 15.9. The molecule has 0 heterocycles. The van der Waals surface area contributed by atoms with Gasteiger partial charge in [0, 0.05) is 19.6 Å². The van der Waals surface area contributed by atoms with E-state index in [1.54, 1.807) is 14.2 Å². The van der Waals surface area contributed by atoms with Crippen LogP contribution in [0.3, 0.4) is 0 Å². The predicted octanol–water partition coefficient (Wildman–Crippen LogP) is 3.89. The molecular formula is C14H30O2. The fraction of sp³-hybridized carbons (Fsp3) is 1.00. The van der Waals surface area contributed by atoms with Crippen molar-refractivity contribution < 1.29 is 9.47 Å². The zero-order valence-electron chi connectivity index (χ0n) is 11.8. The average Bonchev–Trinajstić information content (AvgIpc) is 2.25. The van der Waals surface area contributed by atoms with Gasteiger partial charge >= 0.3 is 0 Å². The molecule has 0 bridgehead atoms. The summed E-state index contributed by atoms with van der Waals surface area (Å²) in [5.74, 6) is 0.815. The van der Waals surface area contributed by atoms with E-state index in [0.717, 1.165) is 19.1 Å². The summed E-state index contributed by atoms with van der Waals surface area (Å²) in [6, 6.07) is 0. The highest BCUT2D eigenvalue weighted by atomic mass is 16.5. The van der Waals surface area contributed by atoms with E-state index in [0.29, 0.717) is 0 Å². The molecule has 0 aromatic heterocycles. The van der Waals surface area contributed by atoms with E-state index < -0.39 is 0 Å². The Kier molecular flexibility index (Phi) is 8.96. The third-order valence-corrected chi connectivity index (χ3v) is 3.31. The van der Waals surface area contributed by atoms with Crippen molar-refractivity contribution in [2.45, 2.75) is 52.9 Å². The first-order valence-corrected chi connectivity index (χ1v) is 6.59. The van der Waals surface area contributed by atoms with Gasteiger partial charge in [-0.3, -0.25) is 0 Å². The van der Waals surface area contributed by atoms with Crippen molar-refractivity contribution in [2.24, 2.45) is 11.3 Å². The third kappa shape index (κ3) is 6.49. The lowest BCUT2D eigenvalue weighted by Crippen LogP contribution is -2.30. The molecule has 2 nitrogen and oxygen atoms in total. The molecule has 0 aliphatic carbocycles. The minimum atomic E-state index is 0.178. The van der Waals surface area contributed by atoms with Gasteiger partial charge in [0.15, 0.2) is 0 Å². The van der Waals surface area contributed by atoms with E-state index in [1.807, 2.05) is 0 Å². The zero-order valence-corrected chi connectivity index (χ0v) is 11.8. The van der Waals surface area contributed by atoms with Gasteiger partial charge in [0.05, 0.1) is 13.2 Å². The zero-order chi connectivity index (χ0) is 12.4. The van der Waals surface area contributed by atoms with Crippen molar-refractivity contribution in [3.63, 3.8) is 0 Å². The van der Waals surface area contributed by atoms with Gasteiger partial charge in [-0.15, -0.1) is 0 Å². The highest BCUT2D eigenvalue weighted by molar-refractivity contribution is 4.77. The molecule has 98 valence electrons. The summed E-state index contributed by atoms with van der Waals surface area (Å²) in [7, 11) is 3.56. The fourth-order valence-electron chi connectivity index (χ4n) is 2.50. The molecule has 0 N–H and O–H groups in total. The molecule has 1 unspecified atom stereocenters. The molecule has 0 saturated carbocycles. The molecule has 0 saturated heterocycles. The van der Waals surface area contributed by atoms with Gasteiger partial charge < -0.3 is 9.47 Å². The quantitative estimate of drug-likeness (QED) is 0.567. The monoisotopic (exact) mass is 230 g/mol. The lowest BCUT2D eigenvalue weighted by atomic mass is 9.79. The fourth-order valence-corrected chi connectivity index (χ4v) is 2.50. The van der Waals surface area contributed by atoms with Gasteiger partial charge in [-0.05, 0) is 12.3 Å². The van der Waals surface area contributed by atoms with E-state index >= 15 is 0 Å². The summed E-state index contributed by atoms with van der Waals surface area (Å²) in [4.78, 5) is 0. The molecule has 0 spiro atoms. The van der Waals surface area contributed by atoms with Gasteiger partial charge in [-0.1, -0.05) is 46.5 Å². The van der Waals surface area contributed by atoms with E-state index in [9.17, 15) is 0 Å². The van der Waals surface area contributed by atoms with Crippen molar-refractivity contribution >= 4 is 0 Å². The molecule has 0 rings (SSSR count). The molecule has 0 amide bonds. The topological polar surface area (TPSA) is 18.5 Å². The highest BCUT2D eigenvalue weighted by Crippen LogP contribution is 2.31. The number of ether oxygens (including phenoxy) is 2. The van der Waals surface area contributed by atoms with Gasteiger partial charge in [-0.25, -0.2) is 0 Å². The van der Waals surface area contributed by atoms with Crippen molar-refractivity contribution in [3.05, 3.63) is 0 Å². The second-order valence-corrected chi connectivity index (χ2v) is 5.30. The number of rotatable bonds is 10. The largest absolute Gasteiger partial charge is 0.384 e. The first-order valence-electron chi connectivity index (χ1n) is 6.59. The second kappa shape index (κ2) is 9.00. The lowest BCUT2D eigenvalue weighted by Gasteiger charge is -2.32. The summed E-state index contributed by atoms with van der Waals surface area (Å²) in [5, 5.41) is 0. The summed E-state index contributed by atoms with van der Waals surface area (Å²) >= 11 is 0. The van der Waals surface area contributed by atoms with Gasteiger partial charge in [0.1, 0.15) is 0 Å². The standard InChI is InChI=1S/C14H30O2/c1-6-8-9-13(7-2)10-14(3,11-15-4)12-16-5/h13H,6-12H2,1-5H3. The minimum Gasteiger partial charge on any atom is -0.384 e. The van der Waals surface area contributed by atoms with Crippen LogP contribution in [0.25, 0.3) is 0 Å². The van der Waals surface area contributed by atoms with E-state index in [2.05, 4.69) is 20.8 Å². The summed E-state index contributed by atoms with van der Waals surface area (Å²) in [6.45, 7) is 8.41. The van der Waals surface area contributed by atoms with Crippen LogP contribution in [0.5, 0.6) is 0 Å². The van der Waals surface area contributed by atoms with Crippen LogP contribution >= 0.6 is 0 Å². The van der Waals surface area contributed by atoms with Crippen LogP contribution in [0.4, 0.5) is 0 Å². The van der Waals surface area contributed by atoms with E-state index in [1.165, 1.54) is 32.1 Å². The number of methoxy groups -OCH3 is 2. The van der Waals surface area contributed by atoms with Crippen molar-refractivity contribution in [3.8, 4) is 0 Å². The highest BCUT2D eigenvalue weighted by Gasteiger charge is 2.27. The lowest BCUT2D eigenvalue weighted by molar-refractivity contribution is 0.00505. The summed E-state index contributed by atoms with van der Waals surface area (Å²) in [6.07, 6.45) is 6.46. The smallest absolute Gasteiger partial charge is 0.0538 e. The molecular weight excluding hydrogens is 200 g/mol. The number of hydrogen-bond donors (Lipinski definition) is 0. The van der Waals surface area contributed by atoms with Gasteiger partial charge in [-0.2, -0.15) is 0 Å². The molecule has 0 radical (unpaired) electrons. The first-order chi connectivity index (χ1) is 7.61. The van der Waals surface area contributed by atoms with Crippen LogP contribution in [0.1, 0.15) is 52.9 Å². The minimum absolute atomic E-state index is 0.178. The molecule has 1 atom stereocenters. The van der Waals surface area contributed by atoms with Crippen molar-refractivity contribution in [1.82, 2.24) is 0 Å². The van der Waals surface area contributed by atoms with Crippen molar-refractivity contribution in [2.75, 3.05) is 27.4 Å². The van der Waals surface area contributed by atoms with Crippen LogP contribution in [0.2, 0.25) is 0 Å². The Balaban J connectivity index is 4.21. The maximum absolute atomic E-state index is 5.33. The van der Waals surface area contributed by atoms with Gasteiger partial charge in [0.2, 0.25) is 0 Å². The Morgan fingerprint density at radius 2 is 1.62 bits per heavy atom. The predicted molar refractivity (Wildman–Crippen MR) is 69.8 cm³/mol. The maximum Gasteiger partial charge on any atom is 0.0538 e. The Morgan fingerprint density at radius 3 is 2.00 bits per heavy atom. The van der Waals surface area contributed by atoms with Crippen LogP contribution in [-0.2, 0) is 9.47 Å².